The number of rotatable bonds is 5. The van der Waals surface area contributed by atoms with Crippen molar-refractivity contribution in [3.8, 4) is 0 Å². The fourth-order valence-electron chi connectivity index (χ4n) is 2.04. The van der Waals surface area contributed by atoms with Crippen LogP contribution in [-0.2, 0) is 9.84 Å². The summed E-state index contributed by atoms with van der Waals surface area (Å²) < 4.78 is 22.2. The first-order valence-corrected chi connectivity index (χ1v) is 8.16. The second kappa shape index (κ2) is 5.63. The molecule has 0 radical (unpaired) electrons. The van der Waals surface area contributed by atoms with Gasteiger partial charge in [0.15, 0.2) is 0 Å². The molecule has 0 amide bonds. The number of fused-ring (bicyclic) bond motifs is 1. The molecule has 102 valence electrons. The first-order valence-electron chi connectivity index (χ1n) is 6.10. The van der Waals surface area contributed by atoms with Gasteiger partial charge in [-0.1, -0.05) is 12.1 Å². The first kappa shape index (κ1) is 13.9. The van der Waals surface area contributed by atoms with Crippen molar-refractivity contribution < 1.29 is 8.42 Å². The van der Waals surface area contributed by atoms with Crippen LogP contribution in [0.4, 0.5) is 0 Å². The molecule has 0 saturated carbocycles. The highest BCUT2D eigenvalue weighted by molar-refractivity contribution is 7.90. The highest BCUT2D eigenvalue weighted by Gasteiger charge is 2.12. The molecule has 2 aromatic rings. The molecule has 6 heteroatoms. The summed E-state index contributed by atoms with van der Waals surface area (Å²) in [6, 6.07) is 5.47. The second-order valence-corrected chi connectivity index (χ2v) is 6.91. The molecule has 19 heavy (non-hydrogen) atoms. The predicted octanol–water partition coefficient (Wildman–Crippen LogP) is 1.45. The van der Waals surface area contributed by atoms with E-state index in [-0.39, 0.29) is 11.8 Å². The first-order chi connectivity index (χ1) is 8.97. The highest BCUT2D eigenvalue weighted by Crippen LogP contribution is 2.22. The molecular weight excluding hydrogens is 262 g/mol. The molecule has 2 rings (SSSR count). The van der Waals surface area contributed by atoms with Crippen LogP contribution in [0.2, 0.25) is 0 Å². The molecule has 0 spiro atoms. The lowest BCUT2D eigenvalue weighted by Crippen LogP contribution is -2.13. The van der Waals surface area contributed by atoms with Crippen LogP contribution in [0.1, 0.15) is 24.4 Å². The molecule has 2 N–H and O–H groups in total. The Bertz CT molecular complexity index is 665. The van der Waals surface area contributed by atoms with E-state index < -0.39 is 9.84 Å². The summed E-state index contributed by atoms with van der Waals surface area (Å²) in [5, 5.41) is 0. The zero-order valence-corrected chi connectivity index (χ0v) is 11.6. The quantitative estimate of drug-likeness (QED) is 0.895. The molecule has 0 aliphatic rings. The summed E-state index contributed by atoms with van der Waals surface area (Å²) >= 11 is 0. The Morgan fingerprint density at radius 1 is 1.26 bits per heavy atom. The van der Waals surface area contributed by atoms with E-state index in [1.807, 2.05) is 18.2 Å². The summed E-state index contributed by atoms with van der Waals surface area (Å²) in [5.41, 5.74) is 8.64. The smallest absolute Gasteiger partial charge is 0.147 e. The summed E-state index contributed by atoms with van der Waals surface area (Å²) in [4.78, 5) is 8.53. The lowest BCUT2D eigenvalue weighted by atomic mass is 10.0. The maximum absolute atomic E-state index is 11.1. The van der Waals surface area contributed by atoms with Crippen LogP contribution in [0.15, 0.2) is 30.6 Å². The third kappa shape index (κ3) is 3.71. The fourth-order valence-corrected chi connectivity index (χ4v) is 2.73. The average Bonchev–Trinajstić information content (AvgIpc) is 2.36. The largest absolute Gasteiger partial charge is 0.324 e. The summed E-state index contributed by atoms with van der Waals surface area (Å²) in [7, 11) is -2.93. The second-order valence-electron chi connectivity index (χ2n) is 4.65. The molecule has 5 nitrogen and oxygen atoms in total. The van der Waals surface area contributed by atoms with Crippen molar-refractivity contribution in [2.75, 3.05) is 12.0 Å². The van der Waals surface area contributed by atoms with E-state index in [0.29, 0.717) is 12.8 Å². The van der Waals surface area contributed by atoms with Gasteiger partial charge in [0.05, 0.1) is 11.0 Å². The van der Waals surface area contributed by atoms with E-state index in [2.05, 4.69) is 9.97 Å². The summed E-state index contributed by atoms with van der Waals surface area (Å²) in [6.45, 7) is 0. The van der Waals surface area contributed by atoms with E-state index >= 15 is 0 Å². The van der Waals surface area contributed by atoms with Crippen LogP contribution in [0, 0.1) is 0 Å². The zero-order valence-electron chi connectivity index (χ0n) is 10.8. The monoisotopic (exact) mass is 279 g/mol. The van der Waals surface area contributed by atoms with Gasteiger partial charge in [-0.25, -0.2) is 8.42 Å². The van der Waals surface area contributed by atoms with Gasteiger partial charge in [0, 0.05) is 30.4 Å². The van der Waals surface area contributed by atoms with Crippen LogP contribution < -0.4 is 5.73 Å². The van der Waals surface area contributed by atoms with Crippen molar-refractivity contribution in [2.24, 2.45) is 5.73 Å². The molecular formula is C13H17N3O2S. The van der Waals surface area contributed by atoms with Gasteiger partial charge in [-0.3, -0.25) is 9.97 Å². The Morgan fingerprint density at radius 3 is 2.74 bits per heavy atom. The molecule has 0 fully saturated rings. The van der Waals surface area contributed by atoms with Crippen molar-refractivity contribution in [2.45, 2.75) is 18.9 Å². The van der Waals surface area contributed by atoms with Gasteiger partial charge in [0.1, 0.15) is 9.84 Å². The van der Waals surface area contributed by atoms with Crippen molar-refractivity contribution in [3.05, 3.63) is 36.2 Å². The molecule has 1 unspecified atom stereocenters. The number of hydrogen-bond acceptors (Lipinski definition) is 5. The number of aromatic nitrogens is 2. The van der Waals surface area contributed by atoms with Crippen LogP contribution in [-0.4, -0.2) is 30.4 Å². The number of nitrogens with two attached hydrogens (primary N) is 1. The van der Waals surface area contributed by atoms with Gasteiger partial charge < -0.3 is 5.73 Å². The van der Waals surface area contributed by atoms with E-state index in [1.54, 1.807) is 12.4 Å². The number of hydrogen-bond donors (Lipinski definition) is 1. The summed E-state index contributed by atoms with van der Waals surface area (Å²) in [5.74, 6) is 0.164. The molecule has 0 bridgehead atoms. The van der Waals surface area contributed by atoms with Crippen LogP contribution in [0.25, 0.3) is 11.0 Å². The SMILES string of the molecule is CS(=O)(=O)CCCC(N)c1cccc2nccnc12. The zero-order chi connectivity index (χ0) is 13.9. The topological polar surface area (TPSA) is 85.9 Å². The molecule has 1 atom stereocenters. The molecule has 1 aromatic heterocycles. The fraction of sp³-hybridized carbons (Fsp3) is 0.385. The van der Waals surface area contributed by atoms with Gasteiger partial charge in [0.2, 0.25) is 0 Å². The van der Waals surface area contributed by atoms with E-state index in [4.69, 9.17) is 5.73 Å². The highest BCUT2D eigenvalue weighted by atomic mass is 32.2. The maximum atomic E-state index is 11.1. The van der Waals surface area contributed by atoms with Gasteiger partial charge in [-0.15, -0.1) is 0 Å². The third-order valence-electron chi connectivity index (χ3n) is 2.96. The molecule has 0 aliphatic heterocycles. The van der Waals surface area contributed by atoms with Crippen LogP contribution >= 0.6 is 0 Å². The van der Waals surface area contributed by atoms with E-state index in [0.717, 1.165) is 16.6 Å². The number of nitrogens with zero attached hydrogens (tertiary/aromatic N) is 2. The standard InChI is InChI=1S/C13H17N3O2S/c1-19(17,18)9-3-5-11(14)10-4-2-6-12-13(10)16-8-7-15-12/h2,4,6-8,11H,3,5,9,14H2,1H3. The molecule has 1 heterocycles. The van der Waals surface area contributed by atoms with Crippen LogP contribution in [0.3, 0.4) is 0 Å². The Labute approximate surface area is 112 Å². The van der Waals surface area contributed by atoms with Crippen LogP contribution in [0.5, 0.6) is 0 Å². The third-order valence-corrected chi connectivity index (χ3v) is 3.99. The number of para-hydroxylation sites is 1. The minimum Gasteiger partial charge on any atom is -0.324 e. The van der Waals surface area contributed by atoms with Gasteiger partial charge >= 0.3 is 0 Å². The predicted molar refractivity (Wildman–Crippen MR) is 75.4 cm³/mol. The van der Waals surface area contributed by atoms with Crippen molar-refractivity contribution in [3.63, 3.8) is 0 Å². The van der Waals surface area contributed by atoms with E-state index in [1.165, 1.54) is 6.26 Å². The van der Waals surface area contributed by atoms with Gasteiger partial charge in [-0.2, -0.15) is 0 Å². The lowest BCUT2D eigenvalue weighted by Gasteiger charge is -2.13. The number of sulfone groups is 1. The van der Waals surface area contributed by atoms with E-state index in [9.17, 15) is 8.42 Å². The Kier molecular flexibility index (Phi) is 4.11. The molecule has 1 aromatic carbocycles. The molecule has 0 saturated heterocycles. The van der Waals surface area contributed by atoms with Gasteiger partial charge in [0.25, 0.3) is 0 Å². The van der Waals surface area contributed by atoms with Crippen molar-refractivity contribution >= 4 is 20.9 Å². The summed E-state index contributed by atoms with van der Waals surface area (Å²) in [6.07, 6.45) is 5.68. The minimum atomic E-state index is -2.93. The Hall–Kier alpha value is -1.53. The maximum Gasteiger partial charge on any atom is 0.147 e. The Morgan fingerprint density at radius 2 is 2.00 bits per heavy atom. The van der Waals surface area contributed by atoms with Crippen molar-refractivity contribution in [1.82, 2.24) is 9.97 Å². The average molecular weight is 279 g/mol. The van der Waals surface area contributed by atoms with Crippen molar-refractivity contribution in [1.29, 1.82) is 0 Å². The lowest BCUT2D eigenvalue weighted by molar-refractivity contribution is 0.588. The molecule has 0 aliphatic carbocycles. The van der Waals surface area contributed by atoms with Gasteiger partial charge in [-0.05, 0) is 24.5 Å². The number of benzene rings is 1. The minimum absolute atomic E-state index is 0.164. The Balaban J connectivity index is 2.15. The normalized spacial score (nSPS) is 13.6.